The van der Waals surface area contributed by atoms with E-state index >= 15 is 0 Å². The van der Waals surface area contributed by atoms with Crippen LogP contribution in [0.2, 0.25) is 0 Å². The lowest BCUT2D eigenvalue weighted by atomic mass is 10.0. The smallest absolute Gasteiger partial charge is 0.255 e. The zero-order valence-electron chi connectivity index (χ0n) is 22.1. The predicted octanol–water partition coefficient (Wildman–Crippen LogP) is 4.75. The molecule has 1 aliphatic rings. The van der Waals surface area contributed by atoms with Gasteiger partial charge in [-0.1, -0.05) is 25.6 Å². The van der Waals surface area contributed by atoms with Crippen LogP contribution in [0.3, 0.4) is 0 Å². The van der Waals surface area contributed by atoms with E-state index in [4.69, 9.17) is 5.26 Å². The number of imidazole rings is 1. The van der Waals surface area contributed by atoms with Crippen molar-refractivity contribution in [3.05, 3.63) is 42.1 Å². The fourth-order valence-electron chi connectivity index (χ4n) is 3.68. The first kappa shape index (κ1) is 29.9. The van der Waals surface area contributed by atoms with Crippen molar-refractivity contribution >= 4 is 53.1 Å². The maximum absolute atomic E-state index is 13.7. The molecule has 5 rings (SSSR count). The number of nitrogens with one attached hydrogen (secondary N) is 1. The van der Waals surface area contributed by atoms with Gasteiger partial charge in [0.05, 0.1) is 29.3 Å². The molecule has 0 aromatic carbocycles. The maximum atomic E-state index is 13.7. The molecular weight excluding hydrogens is 546 g/mol. The van der Waals surface area contributed by atoms with Gasteiger partial charge in [0.2, 0.25) is 6.41 Å². The number of halogens is 2. The average molecular weight is 575 g/mol. The Labute approximate surface area is 233 Å². The third kappa shape index (κ3) is 6.48. The van der Waals surface area contributed by atoms with Crippen LogP contribution in [0.1, 0.15) is 38.1 Å². The molecule has 0 aliphatic carbocycles. The average Bonchev–Trinajstić information content (AvgIpc) is 3.47. The lowest BCUT2D eigenvalue weighted by Crippen LogP contribution is -2.44. The Hall–Kier alpha value is -3.70. The molecule has 0 saturated carbocycles. The Kier molecular flexibility index (Phi) is 10.2. The second-order valence-corrected chi connectivity index (χ2v) is 9.73. The Balaban J connectivity index is 0.000000357. The number of likely N-dealkylation sites (tertiary alicyclic amines) is 1. The fraction of sp³-hybridized carbons (Fsp3) is 0.360. The van der Waals surface area contributed by atoms with Crippen molar-refractivity contribution in [3.63, 3.8) is 0 Å². The lowest BCUT2D eigenvalue weighted by molar-refractivity contribution is -0.122. The van der Waals surface area contributed by atoms with Crippen molar-refractivity contribution in [1.29, 1.82) is 5.26 Å². The molecule has 5 heterocycles. The summed E-state index contributed by atoms with van der Waals surface area (Å²) in [6, 6.07) is 4.92. The molecule has 0 atom stereocenters. The second kappa shape index (κ2) is 13.4. The first-order chi connectivity index (χ1) is 18.8. The number of hydrogen-bond acceptors (Lipinski definition) is 8. The largest absolute Gasteiger partial charge is 0.350 e. The van der Waals surface area contributed by atoms with Crippen molar-refractivity contribution < 1.29 is 17.9 Å². The number of pyridine rings is 1. The molecule has 4 aromatic heterocycles. The van der Waals surface area contributed by atoms with Crippen molar-refractivity contribution in [2.45, 2.75) is 38.9 Å². The highest BCUT2D eigenvalue weighted by Crippen LogP contribution is 2.30. The van der Waals surface area contributed by atoms with Crippen LogP contribution in [0.25, 0.3) is 28.1 Å². The lowest BCUT2D eigenvalue weighted by Gasteiger charge is -2.31. The number of carbonyl (C=O) groups excluding carboxylic acids is 2. The number of fused-ring (bicyclic) bond motifs is 2. The Morgan fingerprint density at radius 3 is 2.56 bits per heavy atom. The second-order valence-electron chi connectivity index (χ2n) is 8.43. The number of nitrogens with zero attached hydrogens (tertiary/aromatic N) is 7. The van der Waals surface area contributed by atoms with Crippen LogP contribution in [0.15, 0.2) is 35.9 Å². The van der Waals surface area contributed by atoms with Crippen LogP contribution >= 0.6 is 24.1 Å². The molecule has 1 N–H and O–H groups in total. The number of aromatic nitrogens is 5. The number of carbonyl (C=O) groups is 2. The number of amides is 2. The summed E-state index contributed by atoms with van der Waals surface area (Å²) >= 11 is 1.30. The van der Waals surface area contributed by atoms with E-state index in [9.17, 15) is 17.9 Å². The Morgan fingerprint density at radius 2 is 1.97 bits per heavy atom. The van der Waals surface area contributed by atoms with E-state index in [0.717, 1.165) is 10.4 Å². The molecule has 1 saturated heterocycles. The van der Waals surface area contributed by atoms with Crippen LogP contribution in [0, 0.1) is 23.1 Å². The van der Waals surface area contributed by atoms with Gasteiger partial charge in [-0.2, -0.15) is 5.26 Å². The molecule has 0 spiro atoms. The molecule has 10 nitrogen and oxygen atoms in total. The summed E-state index contributed by atoms with van der Waals surface area (Å²) in [7, 11) is 0. The van der Waals surface area contributed by atoms with E-state index in [-0.39, 0.29) is 52.7 Å². The summed E-state index contributed by atoms with van der Waals surface area (Å²) in [6.45, 7) is 8.91. The summed E-state index contributed by atoms with van der Waals surface area (Å²) in [5.41, 5.74) is 2.26. The van der Waals surface area contributed by atoms with Gasteiger partial charge >= 0.3 is 0 Å². The van der Waals surface area contributed by atoms with Gasteiger partial charge in [-0.25, -0.2) is 23.3 Å². The minimum absolute atomic E-state index is 0.0616. The fourth-order valence-corrected chi connectivity index (χ4v) is 4.56. The normalized spacial score (nSPS) is 12.7. The topological polar surface area (TPSA) is 121 Å². The quantitative estimate of drug-likeness (QED) is 0.259. The summed E-state index contributed by atoms with van der Waals surface area (Å²) in [6.07, 6.45) is 6.79. The Bertz CT molecular complexity index is 1510. The highest BCUT2D eigenvalue weighted by atomic mass is 32.2. The summed E-state index contributed by atoms with van der Waals surface area (Å²) in [4.78, 5) is 37.4. The maximum Gasteiger partial charge on any atom is 0.255 e. The molecule has 1 fully saturated rings. The van der Waals surface area contributed by atoms with Crippen LogP contribution < -0.4 is 5.32 Å². The van der Waals surface area contributed by atoms with Crippen LogP contribution in [0.5, 0.6) is 0 Å². The molecule has 14 heteroatoms. The van der Waals surface area contributed by atoms with E-state index in [1.54, 1.807) is 15.4 Å². The minimum Gasteiger partial charge on any atom is -0.350 e. The van der Waals surface area contributed by atoms with Crippen molar-refractivity contribution in [3.8, 4) is 17.5 Å². The van der Waals surface area contributed by atoms with Gasteiger partial charge in [0.25, 0.3) is 5.91 Å². The molecule has 39 heavy (non-hydrogen) atoms. The van der Waals surface area contributed by atoms with Crippen LogP contribution in [-0.2, 0) is 4.79 Å². The van der Waals surface area contributed by atoms with E-state index in [1.165, 1.54) is 36.4 Å². The zero-order valence-corrected chi connectivity index (χ0v) is 23.7. The SMILES string of the molecule is CC.CSc1nc(-c2cnc3c(n2)c(C(=O)NC(C)C)cn3SF)c2ccc(F)cn12.N#CC1CN(C=O)C1. The standard InChI is InChI=1S/C18H16F2N6OS2.C5H6N2O.C2H6/c1-9(2)22-17(27)11-8-26(29-20)16-14(11)23-12(6-21-16)15-13-5-4-10(19)7-25(13)18(24-15)28-3;6-1-5-2-7(3-5)4-8;1-2/h4-9H,1-3H3,(H,22,27);4-5H,2-3H2;1-2H3. The molecule has 0 radical (unpaired) electrons. The molecular formula is C25H28F2N8O2S2. The van der Waals surface area contributed by atoms with Crippen LogP contribution in [0.4, 0.5) is 8.28 Å². The van der Waals surface area contributed by atoms with Gasteiger partial charge in [-0.3, -0.25) is 14.0 Å². The number of hydrogen-bond donors (Lipinski definition) is 1. The van der Waals surface area contributed by atoms with E-state index < -0.39 is 0 Å². The third-order valence-electron chi connectivity index (χ3n) is 5.44. The van der Waals surface area contributed by atoms with E-state index in [1.807, 2.05) is 34.0 Å². The molecule has 206 valence electrons. The van der Waals surface area contributed by atoms with Crippen molar-refractivity contribution in [2.24, 2.45) is 5.92 Å². The van der Waals surface area contributed by atoms with Gasteiger partial charge in [0, 0.05) is 31.5 Å². The first-order valence-electron chi connectivity index (χ1n) is 12.1. The number of thioether (sulfide) groups is 1. The predicted molar refractivity (Wildman–Crippen MR) is 148 cm³/mol. The molecule has 1 aliphatic heterocycles. The molecule has 2 amide bonds. The molecule has 4 aromatic rings. The van der Waals surface area contributed by atoms with E-state index in [2.05, 4.69) is 26.3 Å². The van der Waals surface area contributed by atoms with Gasteiger partial charge in [-0.15, -0.1) is 3.89 Å². The van der Waals surface area contributed by atoms with Gasteiger partial charge < -0.3 is 10.2 Å². The molecule has 0 unspecified atom stereocenters. The number of nitriles is 1. The summed E-state index contributed by atoms with van der Waals surface area (Å²) in [5, 5.41) is 11.6. The number of rotatable bonds is 6. The summed E-state index contributed by atoms with van der Waals surface area (Å²) < 4.78 is 29.8. The third-order valence-corrected chi connectivity index (χ3v) is 6.52. The van der Waals surface area contributed by atoms with Gasteiger partial charge in [-0.05, 0) is 32.2 Å². The molecule has 0 bridgehead atoms. The highest BCUT2D eigenvalue weighted by Gasteiger charge is 2.24. The zero-order chi connectivity index (χ0) is 28.7. The van der Waals surface area contributed by atoms with Crippen molar-refractivity contribution in [2.75, 3.05) is 19.3 Å². The van der Waals surface area contributed by atoms with Gasteiger partial charge in [0.1, 0.15) is 22.7 Å². The summed E-state index contributed by atoms with van der Waals surface area (Å²) in [5.74, 6) is -0.658. The van der Waals surface area contributed by atoms with Crippen LogP contribution in [-0.4, -0.2) is 65.9 Å². The van der Waals surface area contributed by atoms with Crippen molar-refractivity contribution in [1.82, 2.24) is 33.5 Å². The first-order valence-corrected chi connectivity index (χ1v) is 14.0. The monoisotopic (exact) mass is 574 g/mol. The minimum atomic E-state index is -0.386. The Morgan fingerprint density at radius 1 is 1.26 bits per heavy atom. The van der Waals surface area contributed by atoms with Gasteiger partial charge in [0.15, 0.2) is 23.1 Å². The highest BCUT2D eigenvalue weighted by molar-refractivity contribution is 7.98. The van der Waals surface area contributed by atoms with E-state index in [0.29, 0.717) is 35.2 Å².